The molecule has 0 radical (unpaired) electrons. The zero-order valence-corrected chi connectivity index (χ0v) is 17.4. The molecule has 31 heavy (non-hydrogen) atoms. The summed E-state index contributed by atoms with van der Waals surface area (Å²) in [7, 11) is -3.49. The van der Waals surface area contributed by atoms with Crippen molar-refractivity contribution in [2.24, 2.45) is 0 Å². The zero-order chi connectivity index (χ0) is 21.6. The second-order valence-corrected chi connectivity index (χ2v) is 9.32. The average Bonchev–Trinajstić information content (AvgIpc) is 3.38. The highest BCUT2D eigenvalue weighted by molar-refractivity contribution is 7.90. The first-order valence-electron chi connectivity index (χ1n) is 9.63. The maximum atomic E-state index is 12.0. The fourth-order valence-electron chi connectivity index (χ4n) is 3.72. The Morgan fingerprint density at radius 3 is 2.32 bits per heavy atom. The summed E-state index contributed by atoms with van der Waals surface area (Å²) in [6.07, 6.45) is 8.58. The first-order chi connectivity index (χ1) is 14.9. The summed E-state index contributed by atoms with van der Waals surface area (Å²) >= 11 is 0. The largest absolute Gasteiger partial charge is 0.455 e. The third-order valence-corrected chi connectivity index (χ3v) is 6.13. The van der Waals surface area contributed by atoms with Gasteiger partial charge < -0.3 is 4.42 Å². The topological polar surface area (TPSA) is 103 Å². The molecular formula is C23H17N3O4S. The molecule has 0 aliphatic heterocycles. The van der Waals surface area contributed by atoms with Crippen molar-refractivity contribution in [2.75, 3.05) is 6.26 Å². The Morgan fingerprint density at radius 1 is 0.871 bits per heavy atom. The third kappa shape index (κ3) is 3.55. The molecule has 0 unspecified atom stereocenters. The van der Waals surface area contributed by atoms with Crippen molar-refractivity contribution in [1.29, 1.82) is 0 Å². The first-order valence-corrected chi connectivity index (χ1v) is 11.5. The fraction of sp³-hybridized carbons (Fsp3) is 0.130. The molecule has 154 valence electrons. The van der Waals surface area contributed by atoms with E-state index in [1.807, 2.05) is 36.4 Å². The molecule has 0 fully saturated rings. The number of carbonyl (C=O) groups is 1. The quantitative estimate of drug-likeness (QED) is 0.450. The highest BCUT2D eigenvalue weighted by Gasteiger charge is 2.22. The number of hydrogen-bond acceptors (Lipinski definition) is 7. The molecule has 0 amide bonds. The van der Waals surface area contributed by atoms with Gasteiger partial charge in [-0.05, 0) is 35.7 Å². The van der Waals surface area contributed by atoms with Crippen LogP contribution in [0, 0.1) is 0 Å². The van der Waals surface area contributed by atoms with Crippen LogP contribution >= 0.6 is 0 Å². The van der Waals surface area contributed by atoms with E-state index in [9.17, 15) is 13.2 Å². The first kappa shape index (κ1) is 19.3. The maximum Gasteiger partial charge on any atom is 0.246 e. The van der Waals surface area contributed by atoms with Gasteiger partial charge in [0.25, 0.3) is 0 Å². The molecule has 0 spiro atoms. The Bertz CT molecular complexity index is 1410. The highest BCUT2D eigenvalue weighted by Crippen LogP contribution is 2.39. The van der Waals surface area contributed by atoms with Crippen LogP contribution in [0.25, 0.3) is 33.8 Å². The number of rotatable bonds is 4. The number of hydrogen-bond donors (Lipinski definition) is 0. The number of fused-ring (bicyclic) bond motifs is 1. The third-order valence-electron chi connectivity index (χ3n) is 5.26. The van der Waals surface area contributed by atoms with Gasteiger partial charge in [0.15, 0.2) is 5.78 Å². The van der Waals surface area contributed by atoms with Gasteiger partial charge in [-0.15, -0.1) is 0 Å². The van der Waals surface area contributed by atoms with Gasteiger partial charge in [-0.1, -0.05) is 18.2 Å². The molecule has 4 aromatic rings. The number of aryl methyl sites for hydroxylation is 1. The monoisotopic (exact) mass is 431 g/mol. The van der Waals surface area contributed by atoms with Crippen LogP contribution < -0.4 is 0 Å². The van der Waals surface area contributed by atoms with Crippen LogP contribution in [0.2, 0.25) is 0 Å². The van der Waals surface area contributed by atoms with E-state index in [4.69, 9.17) is 4.42 Å². The Balaban J connectivity index is 1.64. The van der Waals surface area contributed by atoms with Crippen molar-refractivity contribution in [3.8, 4) is 33.8 Å². The number of pyridine rings is 1. The van der Waals surface area contributed by atoms with E-state index in [1.165, 1.54) is 12.4 Å². The Kier molecular flexibility index (Phi) is 4.51. The lowest BCUT2D eigenvalue weighted by Gasteiger charge is -2.05. The molecule has 1 aromatic carbocycles. The smallest absolute Gasteiger partial charge is 0.246 e. The molecule has 3 aromatic heterocycles. The number of furan rings is 1. The maximum absolute atomic E-state index is 12.0. The summed E-state index contributed by atoms with van der Waals surface area (Å²) in [5.41, 5.74) is 5.01. The van der Waals surface area contributed by atoms with E-state index >= 15 is 0 Å². The summed E-state index contributed by atoms with van der Waals surface area (Å²) in [4.78, 5) is 24.0. The second-order valence-electron chi connectivity index (χ2n) is 7.41. The van der Waals surface area contributed by atoms with Crippen LogP contribution in [0.1, 0.15) is 22.3 Å². The minimum atomic E-state index is -3.49. The molecular weight excluding hydrogens is 414 g/mol. The second kappa shape index (κ2) is 7.24. The summed E-state index contributed by atoms with van der Waals surface area (Å²) in [5, 5.41) is -0.235. The van der Waals surface area contributed by atoms with Crippen LogP contribution in [-0.2, 0) is 16.3 Å². The zero-order valence-electron chi connectivity index (χ0n) is 16.6. The summed E-state index contributed by atoms with van der Waals surface area (Å²) < 4.78 is 29.5. The highest BCUT2D eigenvalue weighted by atomic mass is 32.2. The molecule has 0 N–H and O–H groups in total. The molecule has 0 atom stereocenters. The molecule has 3 heterocycles. The number of Topliss-reactive ketones (excluding diaryl/α,β-unsaturated/α-hetero) is 1. The SMILES string of the molecule is CS(=O)(=O)c1ncc(-c2cc(-c3ccc4c(c3)CCC4=O)c(-c3ccncc3)o2)cn1. The minimum Gasteiger partial charge on any atom is -0.455 e. The molecule has 8 heteroatoms. The Hall–Kier alpha value is -3.65. The summed E-state index contributed by atoms with van der Waals surface area (Å²) in [5.74, 6) is 1.33. The summed E-state index contributed by atoms with van der Waals surface area (Å²) in [6.45, 7) is 0. The predicted molar refractivity (Wildman–Crippen MR) is 114 cm³/mol. The van der Waals surface area contributed by atoms with E-state index in [0.29, 0.717) is 23.5 Å². The van der Waals surface area contributed by atoms with Gasteiger partial charge in [-0.25, -0.2) is 18.4 Å². The number of ketones is 1. The minimum absolute atomic E-state index is 0.173. The lowest BCUT2D eigenvalue weighted by molar-refractivity contribution is 0.0994. The molecule has 5 rings (SSSR count). The number of carbonyl (C=O) groups excluding carboxylic acids is 1. The molecule has 7 nitrogen and oxygen atoms in total. The van der Waals surface area contributed by atoms with Gasteiger partial charge in [0, 0.05) is 54.2 Å². The summed E-state index contributed by atoms with van der Waals surface area (Å²) in [6, 6.07) is 11.4. The van der Waals surface area contributed by atoms with Gasteiger partial charge >= 0.3 is 0 Å². The standard InChI is InChI=1S/C23H17N3O4S/c1-31(28,29)23-25-12-17(13-26-23)21-11-19(22(30-21)14-6-8-24-9-7-14)16-2-4-18-15(10-16)3-5-20(18)27/h2,4,6-13H,3,5H2,1H3. The van der Waals surface area contributed by atoms with Crippen LogP contribution in [-0.4, -0.2) is 35.4 Å². The van der Waals surface area contributed by atoms with Crippen molar-refractivity contribution in [3.63, 3.8) is 0 Å². The van der Waals surface area contributed by atoms with Crippen molar-refractivity contribution in [3.05, 3.63) is 72.3 Å². The van der Waals surface area contributed by atoms with Gasteiger partial charge in [0.1, 0.15) is 11.5 Å². The van der Waals surface area contributed by atoms with Gasteiger partial charge in [0.2, 0.25) is 15.0 Å². The van der Waals surface area contributed by atoms with E-state index in [1.54, 1.807) is 12.4 Å². The van der Waals surface area contributed by atoms with Crippen molar-refractivity contribution >= 4 is 15.6 Å². The lowest BCUT2D eigenvalue weighted by atomic mass is 9.98. The van der Waals surface area contributed by atoms with Crippen molar-refractivity contribution < 1.29 is 17.6 Å². The van der Waals surface area contributed by atoms with E-state index in [0.717, 1.165) is 40.5 Å². The van der Waals surface area contributed by atoms with Crippen LogP contribution in [0.3, 0.4) is 0 Å². The number of sulfone groups is 1. The van der Waals surface area contributed by atoms with Crippen LogP contribution in [0.5, 0.6) is 0 Å². The number of aromatic nitrogens is 3. The van der Waals surface area contributed by atoms with Crippen molar-refractivity contribution in [2.45, 2.75) is 18.0 Å². The van der Waals surface area contributed by atoms with Gasteiger partial charge in [-0.2, -0.15) is 0 Å². The molecule has 0 bridgehead atoms. The van der Waals surface area contributed by atoms with E-state index in [2.05, 4.69) is 15.0 Å². The van der Waals surface area contributed by atoms with Gasteiger partial charge in [-0.3, -0.25) is 9.78 Å². The molecule has 1 aliphatic carbocycles. The lowest BCUT2D eigenvalue weighted by Crippen LogP contribution is -2.03. The Morgan fingerprint density at radius 2 is 1.61 bits per heavy atom. The average molecular weight is 431 g/mol. The van der Waals surface area contributed by atoms with E-state index < -0.39 is 9.84 Å². The molecule has 0 saturated heterocycles. The number of benzene rings is 1. The van der Waals surface area contributed by atoms with Crippen molar-refractivity contribution in [1.82, 2.24) is 15.0 Å². The molecule has 1 aliphatic rings. The predicted octanol–water partition coefficient (Wildman–Crippen LogP) is 4.00. The van der Waals surface area contributed by atoms with E-state index in [-0.39, 0.29) is 10.9 Å². The number of nitrogens with zero attached hydrogens (tertiary/aromatic N) is 3. The van der Waals surface area contributed by atoms with Crippen LogP contribution in [0.15, 0.2) is 70.8 Å². The van der Waals surface area contributed by atoms with Crippen LogP contribution in [0.4, 0.5) is 0 Å². The normalized spacial score (nSPS) is 13.4. The Labute approximate surface area is 178 Å². The van der Waals surface area contributed by atoms with Gasteiger partial charge in [0.05, 0.1) is 5.56 Å². The molecule has 0 saturated carbocycles. The fourth-order valence-corrected chi connectivity index (χ4v) is 4.21.